The van der Waals surface area contributed by atoms with Crippen LogP contribution in [0.1, 0.15) is 0 Å². The van der Waals surface area contributed by atoms with E-state index in [1.54, 1.807) is 0 Å². The summed E-state index contributed by atoms with van der Waals surface area (Å²) in [5.41, 5.74) is 0. The summed E-state index contributed by atoms with van der Waals surface area (Å²) in [6, 6.07) is 0. The van der Waals surface area contributed by atoms with Crippen molar-refractivity contribution in [1.82, 2.24) is 5.32 Å². The molecule has 0 amide bonds. The maximum Gasteiger partial charge on any atom is 0.312 e. The molecule has 1 rings (SSSR count). The Morgan fingerprint density at radius 3 is 3.00 bits per heavy atom. The molecule has 0 saturated carbocycles. The van der Waals surface area contributed by atoms with E-state index in [1.807, 2.05) is 0 Å². The van der Waals surface area contributed by atoms with Crippen molar-refractivity contribution < 1.29 is 4.74 Å². The molecular weight excluding hydrogens is 101 g/mol. The summed E-state index contributed by atoms with van der Waals surface area (Å²) in [6.45, 7) is 2.30. The number of halogens is 1. The monoisotopic (exact) mass is 103 g/mol. The first-order chi connectivity index (χ1) is 2.89. The fourth-order valence-corrected chi connectivity index (χ4v) is 0.272. The third-order valence-electron chi connectivity index (χ3n) is 0.392. The van der Waals surface area contributed by atoms with Gasteiger partial charge in [0, 0.05) is 0 Å². The average molecular weight is 104 g/mol. The first kappa shape index (κ1) is 3.81. The van der Waals surface area contributed by atoms with E-state index in [0.717, 1.165) is 0 Å². The molecule has 32 valence electrons. The van der Waals surface area contributed by atoms with Gasteiger partial charge in [0.15, 0.2) is 0 Å². The van der Waals surface area contributed by atoms with Crippen molar-refractivity contribution in [3.05, 3.63) is 18.1 Å². The smallest absolute Gasteiger partial charge is 0.312 e. The molecule has 6 heavy (non-hydrogen) atoms. The summed E-state index contributed by atoms with van der Waals surface area (Å²) in [4.78, 5) is 0. The van der Waals surface area contributed by atoms with Gasteiger partial charge in [-0.1, -0.05) is 11.6 Å². The number of hydrogen-bond acceptors (Lipinski definition) is 2. The van der Waals surface area contributed by atoms with Crippen molar-refractivity contribution in [2.75, 3.05) is 0 Å². The van der Waals surface area contributed by atoms with Crippen LogP contribution in [0.2, 0.25) is 0 Å². The zero-order valence-corrected chi connectivity index (χ0v) is 3.62. The van der Waals surface area contributed by atoms with Gasteiger partial charge >= 0.3 is 6.73 Å². The highest BCUT2D eigenvalue weighted by molar-refractivity contribution is 6.29. The van der Waals surface area contributed by atoms with Crippen LogP contribution < -0.4 is 5.32 Å². The number of nitrogens with one attached hydrogen (secondary N) is 1. The largest absolute Gasteiger partial charge is 0.460 e. The third-order valence-corrected chi connectivity index (χ3v) is 0.575. The van der Waals surface area contributed by atoms with Gasteiger partial charge in [-0.15, -0.1) is 0 Å². The van der Waals surface area contributed by atoms with Crippen LogP contribution in [0.4, 0.5) is 0 Å². The SMILES string of the molecule is ClC1=CO[C]N1. The van der Waals surface area contributed by atoms with Gasteiger partial charge in [-0.05, 0) is 0 Å². The molecule has 0 spiro atoms. The van der Waals surface area contributed by atoms with E-state index in [4.69, 9.17) is 11.6 Å². The maximum atomic E-state index is 5.27. The van der Waals surface area contributed by atoms with E-state index in [2.05, 4.69) is 16.8 Å². The van der Waals surface area contributed by atoms with E-state index in [9.17, 15) is 0 Å². The maximum absolute atomic E-state index is 5.27. The summed E-state index contributed by atoms with van der Waals surface area (Å²) in [7, 11) is 0. The quantitative estimate of drug-likeness (QED) is 0.455. The van der Waals surface area contributed by atoms with Crippen LogP contribution in [0, 0.1) is 6.73 Å². The molecule has 2 nitrogen and oxygen atoms in total. The fraction of sp³-hybridized carbons (Fsp3) is 0. The minimum Gasteiger partial charge on any atom is -0.460 e. The van der Waals surface area contributed by atoms with Crippen molar-refractivity contribution in [3.63, 3.8) is 0 Å². The second-order valence-electron chi connectivity index (χ2n) is 0.811. The molecule has 1 N–H and O–H groups in total. The lowest BCUT2D eigenvalue weighted by Crippen LogP contribution is -1.95. The molecule has 0 atom stereocenters. The standard InChI is InChI=1S/C3H2ClNO/c4-3-1-6-2-5-3/h1,5H. The molecule has 0 fully saturated rings. The second kappa shape index (κ2) is 1.39. The molecule has 1 heterocycles. The molecule has 0 aromatic heterocycles. The van der Waals surface area contributed by atoms with Crippen molar-refractivity contribution in [2.24, 2.45) is 0 Å². The van der Waals surface area contributed by atoms with Crippen LogP contribution in [-0.4, -0.2) is 0 Å². The summed E-state index contributed by atoms with van der Waals surface area (Å²) in [5.74, 6) is 0. The van der Waals surface area contributed by atoms with Crippen molar-refractivity contribution in [2.45, 2.75) is 0 Å². The minimum atomic E-state index is 0.468. The Morgan fingerprint density at radius 1 is 2.00 bits per heavy atom. The predicted octanol–water partition coefficient (Wildman–Crippen LogP) is 0.640. The molecular formula is C3H2ClNO. The number of rotatable bonds is 0. The fourth-order valence-electron chi connectivity index (χ4n) is 0.189. The highest BCUT2D eigenvalue weighted by Crippen LogP contribution is 2.03. The number of ether oxygens (including phenoxy) is 1. The second-order valence-corrected chi connectivity index (χ2v) is 1.22. The Balaban J connectivity index is 2.45. The van der Waals surface area contributed by atoms with Crippen LogP contribution in [0.15, 0.2) is 11.4 Å². The van der Waals surface area contributed by atoms with Crippen molar-refractivity contribution in [3.8, 4) is 0 Å². The molecule has 0 aromatic carbocycles. The van der Waals surface area contributed by atoms with Crippen LogP contribution in [0.5, 0.6) is 0 Å². The molecule has 2 radical (unpaired) electrons. The lowest BCUT2D eigenvalue weighted by atomic mass is 11.0. The van der Waals surface area contributed by atoms with E-state index in [0.29, 0.717) is 5.16 Å². The molecule has 0 aromatic rings. The van der Waals surface area contributed by atoms with Crippen molar-refractivity contribution >= 4 is 11.6 Å². The van der Waals surface area contributed by atoms with Gasteiger partial charge in [0.2, 0.25) is 0 Å². The van der Waals surface area contributed by atoms with Gasteiger partial charge in [0.05, 0.1) is 0 Å². The first-order valence-corrected chi connectivity index (χ1v) is 1.80. The van der Waals surface area contributed by atoms with Gasteiger partial charge in [-0.3, -0.25) is 0 Å². The lowest BCUT2D eigenvalue weighted by molar-refractivity contribution is 0.345. The zero-order chi connectivity index (χ0) is 4.41. The molecule has 1 aliphatic heterocycles. The zero-order valence-electron chi connectivity index (χ0n) is 2.86. The molecule has 0 aliphatic carbocycles. The van der Waals surface area contributed by atoms with E-state index in [-0.39, 0.29) is 0 Å². The molecule has 0 bridgehead atoms. The predicted molar refractivity (Wildman–Crippen MR) is 21.4 cm³/mol. The summed E-state index contributed by atoms with van der Waals surface area (Å²) >= 11 is 5.27. The molecule has 3 heteroatoms. The van der Waals surface area contributed by atoms with Crippen LogP contribution in [0.3, 0.4) is 0 Å². The van der Waals surface area contributed by atoms with Gasteiger partial charge in [-0.2, -0.15) is 0 Å². The van der Waals surface area contributed by atoms with Gasteiger partial charge in [-0.25, -0.2) is 0 Å². The Morgan fingerprint density at radius 2 is 2.83 bits per heavy atom. The Kier molecular flexibility index (Phi) is 0.881. The van der Waals surface area contributed by atoms with Crippen LogP contribution >= 0.6 is 11.6 Å². The first-order valence-electron chi connectivity index (χ1n) is 1.42. The molecule has 0 saturated heterocycles. The Bertz CT molecular complexity index is 80.9. The van der Waals surface area contributed by atoms with Gasteiger partial charge in [0.1, 0.15) is 11.4 Å². The highest BCUT2D eigenvalue weighted by atomic mass is 35.5. The van der Waals surface area contributed by atoms with Crippen LogP contribution in [0.25, 0.3) is 0 Å². The Hall–Kier alpha value is -0.370. The topological polar surface area (TPSA) is 21.3 Å². The third kappa shape index (κ3) is 0.571. The minimum absolute atomic E-state index is 0.468. The highest BCUT2D eigenvalue weighted by Gasteiger charge is 1.98. The lowest BCUT2D eigenvalue weighted by Gasteiger charge is -1.80. The van der Waals surface area contributed by atoms with E-state index < -0.39 is 0 Å². The summed E-state index contributed by atoms with van der Waals surface area (Å²) in [6.07, 6.45) is 1.36. The molecule has 0 unspecified atom stereocenters. The molecule has 1 aliphatic rings. The van der Waals surface area contributed by atoms with Crippen LogP contribution in [-0.2, 0) is 4.74 Å². The van der Waals surface area contributed by atoms with Gasteiger partial charge < -0.3 is 10.1 Å². The Labute approximate surface area is 40.7 Å². The van der Waals surface area contributed by atoms with Gasteiger partial charge in [0.25, 0.3) is 0 Å². The normalized spacial score (nSPS) is 18.5. The van der Waals surface area contributed by atoms with E-state index >= 15 is 0 Å². The average Bonchev–Trinajstić information content (AvgIpc) is 1.86. The summed E-state index contributed by atoms with van der Waals surface area (Å²) in [5, 5.41) is 2.94. The number of hydrogen-bond donors (Lipinski definition) is 1. The van der Waals surface area contributed by atoms with Crippen molar-refractivity contribution in [1.29, 1.82) is 0 Å². The van der Waals surface area contributed by atoms with E-state index in [1.165, 1.54) is 6.26 Å². The summed E-state index contributed by atoms with van der Waals surface area (Å²) < 4.78 is 4.40.